The third-order valence-corrected chi connectivity index (χ3v) is 7.22. The number of para-hydroxylation sites is 1. The van der Waals surface area contributed by atoms with Crippen molar-refractivity contribution in [3.05, 3.63) is 95.0 Å². The Morgan fingerprint density at radius 1 is 0.903 bits per heavy atom. The van der Waals surface area contributed by atoms with Gasteiger partial charge in [0.25, 0.3) is 5.91 Å². The first-order valence-corrected chi connectivity index (χ1v) is 10.5. The fourth-order valence-corrected chi connectivity index (χ4v) is 6.09. The van der Waals surface area contributed by atoms with E-state index in [-0.39, 0.29) is 11.8 Å². The van der Waals surface area contributed by atoms with E-state index in [1.54, 1.807) is 12.1 Å². The summed E-state index contributed by atoms with van der Waals surface area (Å²) in [5, 5.41) is 9.56. The van der Waals surface area contributed by atoms with E-state index in [2.05, 4.69) is 10.4 Å². The number of rotatable bonds is 2. The Labute approximate surface area is 184 Å². The van der Waals surface area contributed by atoms with Gasteiger partial charge in [-0.15, -0.1) is 0 Å². The van der Waals surface area contributed by atoms with Crippen LogP contribution < -0.4 is 10.3 Å². The van der Waals surface area contributed by atoms with Crippen molar-refractivity contribution in [2.75, 3.05) is 10.3 Å². The molecule has 3 aromatic rings. The molecule has 2 amide bonds. The van der Waals surface area contributed by atoms with Crippen LogP contribution in [0, 0.1) is 5.41 Å². The highest BCUT2D eigenvalue weighted by molar-refractivity contribution is 6.37. The van der Waals surface area contributed by atoms with Gasteiger partial charge >= 0.3 is 0 Å². The Hall–Kier alpha value is -3.44. The quantitative estimate of drug-likeness (QED) is 0.642. The number of hydrazone groups is 1. The Kier molecular flexibility index (Phi) is 3.58. The zero-order chi connectivity index (χ0) is 21.4. The fraction of sp³-hybridized carbons (Fsp3) is 0.160. The second-order valence-electron chi connectivity index (χ2n) is 8.21. The lowest BCUT2D eigenvalue weighted by Crippen LogP contribution is -2.38. The van der Waals surface area contributed by atoms with Crippen LogP contribution in [-0.2, 0) is 15.0 Å². The van der Waals surface area contributed by atoms with Crippen LogP contribution >= 0.6 is 11.6 Å². The van der Waals surface area contributed by atoms with Gasteiger partial charge in [-0.25, -0.2) is 0 Å². The number of hydrogen-bond acceptors (Lipinski definition) is 3. The Bertz CT molecular complexity index is 1290. The van der Waals surface area contributed by atoms with Crippen LogP contribution in [0.15, 0.2) is 84.0 Å². The summed E-state index contributed by atoms with van der Waals surface area (Å²) in [5.41, 5.74) is 1.32. The molecule has 2 heterocycles. The second kappa shape index (κ2) is 6.05. The molecule has 31 heavy (non-hydrogen) atoms. The summed E-state index contributed by atoms with van der Waals surface area (Å²) in [6.07, 6.45) is 0. The minimum Gasteiger partial charge on any atom is -0.325 e. The van der Waals surface area contributed by atoms with Crippen LogP contribution in [0.3, 0.4) is 0 Å². The van der Waals surface area contributed by atoms with Crippen LogP contribution in [0.4, 0.5) is 11.4 Å². The molecule has 2 spiro atoms. The molecule has 1 unspecified atom stereocenters. The van der Waals surface area contributed by atoms with Crippen molar-refractivity contribution in [1.82, 2.24) is 0 Å². The van der Waals surface area contributed by atoms with Crippen molar-refractivity contribution in [2.24, 2.45) is 10.5 Å². The van der Waals surface area contributed by atoms with Crippen molar-refractivity contribution in [3.8, 4) is 0 Å². The second-order valence-corrected chi connectivity index (χ2v) is 8.62. The molecule has 1 aliphatic carbocycles. The summed E-state index contributed by atoms with van der Waals surface area (Å²) in [4.78, 5) is 27.8. The first-order valence-electron chi connectivity index (χ1n) is 10.1. The summed E-state index contributed by atoms with van der Waals surface area (Å²) in [5.74, 6) is -0.803. The first kappa shape index (κ1) is 18.3. The van der Waals surface area contributed by atoms with Crippen LogP contribution in [0.2, 0.25) is 5.02 Å². The molecule has 0 radical (unpaired) electrons. The molecule has 1 saturated carbocycles. The topological polar surface area (TPSA) is 61.8 Å². The van der Waals surface area contributed by atoms with Crippen LogP contribution in [0.25, 0.3) is 0 Å². The molecular formula is C25H18ClN3O2. The molecule has 5 nitrogen and oxygen atoms in total. The number of carbonyl (C=O) groups excluding carboxylic acids is 2. The third-order valence-electron chi connectivity index (χ3n) is 6.90. The highest BCUT2D eigenvalue weighted by atomic mass is 35.5. The van der Waals surface area contributed by atoms with Crippen molar-refractivity contribution < 1.29 is 9.59 Å². The fourth-order valence-electron chi connectivity index (χ4n) is 5.76. The summed E-state index contributed by atoms with van der Waals surface area (Å²) in [7, 11) is 0. The molecule has 6 rings (SSSR count). The van der Waals surface area contributed by atoms with Gasteiger partial charge in [0.2, 0.25) is 5.91 Å². The van der Waals surface area contributed by atoms with Crippen molar-refractivity contribution >= 4 is 40.5 Å². The van der Waals surface area contributed by atoms with Gasteiger partial charge in [0.05, 0.1) is 11.4 Å². The van der Waals surface area contributed by atoms with E-state index in [1.807, 2.05) is 73.7 Å². The molecule has 3 atom stereocenters. The van der Waals surface area contributed by atoms with Gasteiger partial charge in [-0.1, -0.05) is 66.2 Å². The summed E-state index contributed by atoms with van der Waals surface area (Å²) in [6, 6.07) is 24.4. The maximum Gasteiger partial charge on any atom is 0.261 e. The smallest absolute Gasteiger partial charge is 0.261 e. The van der Waals surface area contributed by atoms with Crippen LogP contribution in [0.5, 0.6) is 0 Å². The molecule has 0 saturated heterocycles. The van der Waals surface area contributed by atoms with E-state index >= 15 is 0 Å². The lowest BCUT2D eigenvalue weighted by molar-refractivity contribution is -0.125. The van der Waals surface area contributed by atoms with E-state index in [9.17, 15) is 9.59 Å². The monoisotopic (exact) mass is 427 g/mol. The molecule has 1 N–H and O–H groups in total. The van der Waals surface area contributed by atoms with Gasteiger partial charge in [-0.2, -0.15) is 10.1 Å². The lowest BCUT2D eigenvalue weighted by Gasteiger charge is -2.18. The molecule has 0 bridgehead atoms. The van der Waals surface area contributed by atoms with Gasteiger partial charge in [0.15, 0.2) is 0 Å². The normalized spacial score (nSPS) is 28.1. The number of benzene rings is 3. The van der Waals surface area contributed by atoms with Gasteiger partial charge in [-0.05, 0) is 36.8 Å². The molecule has 1 fully saturated rings. The number of hydrogen-bond donors (Lipinski definition) is 1. The number of nitrogens with zero attached hydrogens (tertiary/aromatic N) is 2. The predicted octanol–water partition coefficient (Wildman–Crippen LogP) is 4.74. The molecule has 152 valence electrons. The van der Waals surface area contributed by atoms with Crippen molar-refractivity contribution in [2.45, 2.75) is 18.3 Å². The summed E-state index contributed by atoms with van der Waals surface area (Å²) < 4.78 is 0. The standard InChI is InChI=1S/C25H18ClN3O2/c1-15-24(23(31)29(28-15)17-11-6-3-7-12-17)21(16-9-4-2-5-10-16)25(24)20-18(26)13-8-14-19(20)27-22(25)30/h2-14,21H,1H3,(H,27,30)/t21?,24-,25+/m0/s1. The van der Waals surface area contributed by atoms with E-state index in [4.69, 9.17) is 11.6 Å². The van der Waals surface area contributed by atoms with Gasteiger partial charge in [0.1, 0.15) is 10.8 Å². The first-order chi connectivity index (χ1) is 15.0. The molecular weight excluding hydrogens is 410 g/mol. The van der Waals surface area contributed by atoms with Crippen molar-refractivity contribution in [3.63, 3.8) is 0 Å². The number of fused-ring (bicyclic) bond motifs is 3. The van der Waals surface area contributed by atoms with Crippen molar-refractivity contribution in [1.29, 1.82) is 0 Å². The minimum atomic E-state index is -1.13. The van der Waals surface area contributed by atoms with E-state index in [1.165, 1.54) is 5.01 Å². The molecule has 2 aliphatic heterocycles. The van der Waals surface area contributed by atoms with Gasteiger partial charge in [0, 0.05) is 22.2 Å². The van der Waals surface area contributed by atoms with E-state index < -0.39 is 16.7 Å². The molecule has 3 aromatic carbocycles. The summed E-state index contributed by atoms with van der Waals surface area (Å²) in [6.45, 7) is 1.84. The van der Waals surface area contributed by atoms with Gasteiger partial charge < -0.3 is 5.32 Å². The maximum absolute atomic E-state index is 14.1. The minimum absolute atomic E-state index is 0.201. The molecule has 3 aliphatic rings. The highest BCUT2D eigenvalue weighted by Crippen LogP contribution is 2.80. The van der Waals surface area contributed by atoms with Crippen LogP contribution in [-0.4, -0.2) is 17.5 Å². The SMILES string of the molecule is CC1=NN(c2ccccc2)C(=O)[C@@]12C(c1ccccc1)[C@]21C(=O)Nc2cccc(Cl)c21. The zero-order valence-corrected chi connectivity index (χ0v) is 17.4. The number of halogens is 1. The average molecular weight is 428 g/mol. The Balaban J connectivity index is 1.62. The lowest BCUT2D eigenvalue weighted by atomic mass is 9.84. The highest BCUT2D eigenvalue weighted by Gasteiger charge is 2.90. The Morgan fingerprint density at radius 3 is 2.29 bits per heavy atom. The number of nitrogens with one attached hydrogen (secondary N) is 1. The third kappa shape index (κ3) is 2.00. The largest absolute Gasteiger partial charge is 0.325 e. The van der Waals surface area contributed by atoms with E-state index in [0.717, 1.165) is 5.56 Å². The number of amides is 2. The molecule has 6 heteroatoms. The molecule has 0 aromatic heterocycles. The van der Waals surface area contributed by atoms with Crippen LogP contribution in [0.1, 0.15) is 24.0 Å². The van der Waals surface area contributed by atoms with E-state index in [0.29, 0.717) is 27.7 Å². The summed E-state index contributed by atoms with van der Waals surface area (Å²) >= 11 is 6.67. The number of anilines is 2. The average Bonchev–Trinajstić information content (AvgIpc) is 3.21. The number of carbonyl (C=O) groups is 2. The zero-order valence-electron chi connectivity index (χ0n) is 16.7. The predicted molar refractivity (Wildman–Crippen MR) is 120 cm³/mol. The Morgan fingerprint density at radius 2 is 1.58 bits per heavy atom. The van der Waals surface area contributed by atoms with Gasteiger partial charge in [-0.3, -0.25) is 9.59 Å². The maximum atomic E-state index is 14.1.